The van der Waals surface area contributed by atoms with Gasteiger partial charge < -0.3 is 9.16 Å². The van der Waals surface area contributed by atoms with Gasteiger partial charge in [0.25, 0.3) is 0 Å². The molecular formula is C16H29NO3Si. The lowest BCUT2D eigenvalue weighted by molar-refractivity contribution is -0.143. The summed E-state index contributed by atoms with van der Waals surface area (Å²) in [5.74, 6) is -0.804. The van der Waals surface area contributed by atoms with Gasteiger partial charge >= 0.3 is 5.97 Å². The van der Waals surface area contributed by atoms with Crippen LogP contribution in [0.3, 0.4) is 0 Å². The van der Waals surface area contributed by atoms with E-state index in [-0.39, 0.29) is 23.5 Å². The van der Waals surface area contributed by atoms with Crippen molar-refractivity contribution in [2.24, 2.45) is 5.92 Å². The molecule has 5 heteroatoms. The van der Waals surface area contributed by atoms with Gasteiger partial charge in [-0.1, -0.05) is 32.9 Å². The quantitative estimate of drug-likeness (QED) is 0.404. The summed E-state index contributed by atoms with van der Waals surface area (Å²) in [6, 6.07) is 2.11. The summed E-state index contributed by atoms with van der Waals surface area (Å²) >= 11 is 0. The fraction of sp³-hybridized carbons (Fsp3) is 0.750. The first-order chi connectivity index (χ1) is 9.53. The van der Waals surface area contributed by atoms with Crippen molar-refractivity contribution < 1.29 is 14.0 Å². The zero-order valence-corrected chi connectivity index (χ0v) is 15.4. The zero-order chi connectivity index (χ0) is 16.7. The second-order valence-corrected chi connectivity index (χ2v) is 11.5. The van der Waals surface area contributed by atoms with Gasteiger partial charge in [-0.05, 0) is 32.0 Å². The number of carbonyl (C=O) groups excluding carboxylic acids is 1. The summed E-state index contributed by atoms with van der Waals surface area (Å²) in [6.07, 6.45) is 3.64. The van der Waals surface area contributed by atoms with Crippen molar-refractivity contribution in [3.8, 4) is 6.07 Å². The molecule has 4 nitrogen and oxygen atoms in total. The molecule has 0 N–H and O–H groups in total. The van der Waals surface area contributed by atoms with Crippen LogP contribution in [0.1, 0.15) is 41.0 Å². The van der Waals surface area contributed by atoms with Gasteiger partial charge in [0.15, 0.2) is 8.32 Å². The van der Waals surface area contributed by atoms with Gasteiger partial charge in [0.1, 0.15) is 0 Å². The van der Waals surface area contributed by atoms with Gasteiger partial charge in [-0.3, -0.25) is 4.79 Å². The first-order valence-corrected chi connectivity index (χ1v) is 10.4. The van der Waals surface area contributed by atoms with Crippen molar-refractivity contribution in [3.63, 3.8) is 0 Å². The van der Waals surface area contributed by atoms with Gasteiger partial charge in [0, 0.05) is 0 Å². The molecule has 1 unspecified atom stereocenters. The first kappa shape index (κ1) is 19.9. The van der Waals surface area contributed by atoms with E-state index in [1.165, 1.54) is 0 Å². The van der Waals surface area contributed by atoms with Crippen LogP contribution in [0.25, 0.3) is 0 Å². The minimum Gasteiger partial charge on any atom is -0.466 e. The standard InChI is InChI=1S/C16H29NO3Si/c1-8-19-15(18)11-14(12-17)10-9-13(2)20-21(6,7)16(3,4)5/h9-10,13-14H,8,11H2,1-7H3/b10-9+/t13-,14?/m0/s1. The maximum Gasteiger partial charge on any atom is 0.307 e. The van der Waals surface area contributed by atoms with Crippen LogP contribution in [-0.2, 0) is 14.0 Å². The third-order valence-corrected chi connectivity index (χ3v) is 8.33. The molecule has 0 bridgehead atoms. The Labute approximate surface area is 130 Å². The molecule has 2 atom stereocenters. The summed E-state index contributed by atoms with van der Waals surface area (Å²) in [5.41, 5.74) is 0. The molecule has 0 radical (unpaired) electrons. The molecule has 0 aliphatic carbocycles. The Kier molecular flexibility index (Phi) is 7.90. The summed E-state index contributed by atoms with van der Waals surface area (Å²) in [7, 11) is -1.82. The predicted molar refractivity (Wildman–Crippen MR) is 87.2 cm³/mol. The third kappa shape index (κ3) is 7.44. The monoisotopic (exact) mass is 311 g/mol. The van der Waals surface area contributed by atoms with E-state index in [4.69, 9.17) is 14.4 Å². The molecule has 0 aliphatic heterocycles. The average molecular weight is 311 g/mol. The van der Waals surface area contributed by atoms with Crippen LogP contribution in [0, 0.1) is 17.2 Å². The molecule has 120 valence electrons. The van der Waals surface area contributed by atoms with Crippen LogP contribution in [0.15, 0.2) is 12.2 Å². The number of hydrogen-bond acceptors (Lipinski definition) is 4. The summed E-state index contributed by atoms with van der Waals surface area (Å²) < 4.78 is 11.0. The first-order valence-electron chi connectivity index (χ1n) is 7.45. The molecule has 0 heterocycles. The molecule has 0 aromatic rings. The van der Waals surface area contributed by atoms with Crippen molar-refractivity contribution in [2.75, 3.05) is 6.61 Å². The van der Waals surface area contributed by atoms with Crippen LogP contribution in [0.2, 0.25) is 18.1 Å². The highest BCUT2D eigenvalue weighted by molar-refractivity contribution is 6.74. The maximum atomic E-state index is 11.4. The third-order valence-electron chi connectivity index (χ3n) is 3.76. The Hall–Kier alpha value is -1.12. The van der Waals surface area contributed by atoms with E-state index >= 15 is 0 Å². The summed E-state index contributed by atoms with van der Waals surface area (Å²) in [4.78, 5) is 11.4. The van der Waals surface area contributed by atoms with Crippen molar-refractivity contribution >= 4 is 14.3 Å². The molecular weight excluding hydrogens is 282 g/mol. The Balaban J connectivity index is 4.58. The molecule has 0 rings (SSSR count). The van der Waals surface area contributed by atoms with E-state index in [1.54, 1.807) is 13.0 Å². The molecule has 21 heavy (non-hydrogen) atoms. The average Bonchev–Trinajstić information content (AvgIpc) is 2.32. The number of ether oxygens (including phenoxy) is 1. The van der Waals surface area contributed by atoms with E-state index in [9.17, 15) is 4.79 Å². The topological polar surface area (TPSA) is 59.3 Å². The number of esters is 1. The Morgan fingerprint density at radius 3 is 2.33 bits per heavy atom. The van der Waals surface area contributed by atoms with Crippen molar-refractivity contribution in [3.05, 3.63) is 12.2 Å². The molecule has 0 amide bonds. The number of nitrogens with zero attached hydrogens (tertiary/aromatic N) is 1. The highest BCUT2D eigenvalue weighted by atomic mass is 28.4. The Morgan fingerprint density at radius 2 is 1.90 bits per heavy atom. The molecule has 0 aromatic heterocycles. The predicted octanol–water partition coefficient (Wildman–Crippen LogP) is 4.05. The van der Waals surface area contributed by atoms with Crippen molar-refractivity contribution in [1.82, 2.24) is 0 Å². The number of hydrogen-bond donors (Lipinski definition) is 0. The summed E-state index contributed by atoms with van der Waals surface area (Å²) in [6.45, 7) is 15.0. The molecule has 0 aromatic carbocycles. The minimum absolute atomic E-state index is 0.0658. The number of nitriles is 1. The lowest BCUT2D eigenvalue weighted by atomic mass is 10.1. The number of allylic oxidation sites excluding steroid dienone is 1. The normalized spacial score (nSPS) is 15.5. The van der Waals surface area contributed by atoms with E-state index < -0.39 is 14.2 Å². The molecule has 0 fully saturated rings. The van der Waals surface area contributed by atoms with Crippen LogP contribution in [0.4, 0.5) is 0 Å². The minimum atomic E-state index is -1.82. The van der Waals surface area contributed by atoms with Crippen LogP contribution in [-0.4, -0.2) is 27.0 Å². The van der Waals surface area contributed by atoms with Crippen molar-refractivity contribution in [1.29, 1.82) is 5.26 Å². The SMILES string of the molecule is CCOC(=O)CC(C#N)/C=C/[C@H](C)O[Si](C)(C)C(C)(C)C. The summed E-state index contributed by atoms with van der Waals surface area (Å²) in [5, 5.41) is 9.22. The van der Waals surface area contributed by atoms with E-state index in [0.717, 1.165) is 0 Å². The number of carbonyl (C=O) groups is 1. The maximum absolute atomic E-state index is 11.4. The van der Waals surface area contributed by atoms with Gasteiger partial charge in [-0.25, -0.2) is 0 Å². The molecule has 0 spiro atoms. The highest BCUT2D eigenvalue weighted by Crippen LogP contribution is 2.37. The second kappa shape index (κ2) is 8.35. The largest absolute Gasteiger partial charge is 0.466 e. The van der Waals surface area contributed by atoms with Crippen LogP contribution < -0.4 is 0 Å². The fourth-order valence-corrected chi connectivity index (χ4v) is 2.89. The zero-order valence-electron chi connectivity index (χ0n) is 14.4. The Bertz CT molecular complexity index is 405. The van der Waals surface area contributed by atoms with Crippen LogP contribution in [0.5, 0.6) is 0 Å². The van der Waals surface area contributed by atoms with E-state index in [1.807, 2.05) is 13.0 Å². The lowest BCUT2D eigenvalue weighted by Crippen LogP contribution is -2.42. The van der Waals surface area contributed by atoms with Crippen LogP contribution >= 0.6 is 0 Å². The highest BCUT2D eigenvalue weighted by Gasteiger charge is 2.38. The smallest absolute Gasteiger partial charge is 0.307 e. The fourth-order valence-electron chi connectivity index (χ4n) is 1.53. The van der Waals surface area contributed by atoms with Gasteiger partial charge in [0.2, 0.25) is 0 Å². The van der Waals surface area contributed by atoms with Gasteiger partial charge in [-0.15, -0.1) is 0 Å². The second-order valence-electron chi connectivity index (χ2n) is 6.71. The van der Waals surface area contributed by atoms with E-state index in [2.05, 4.69) is 39.9 Å². The van der Waals surface area contributed by atoms with Gasteiger partial charge in [0.05, 0.1) is 31.1 Å². The molecule has 0 saturated heterocycles. The van der Waals surface area contributed by atoms with Gasteiger partial charge in [-0.2, -0.15) is 5.26 Å². The number of rotatable bonds is 7. The van der Waals surface area contributed by atoms with Crippen molar-refractivity contribution in [2.45, 2.75) is 65.3 Å². The Morgan fingerprint density at radius 1 is 1.33 bits per heavy atom. The molecule has 0 saturated carbocycles. The van der Waals surface area contributed by atoms with E-state index in [0.29, 0.717) is 6.61 Å². The molecule has 0 aliphatic rings. The lowest BCUT2D eigenvalue weighted by Gasteiger charge is -2.37.